The van der Waals surface area contributed by atoms with Crippen LogP contribution >= 0.6 is 22.6 Å². The van der Waals surface area contributed by atoms with Crippen LogP contribution in [0.4, 0.5) is 0 Å². The van der Waals surface area contributed by atoms with Gasteiger partial charge < -0.3 is 9.47 Å². The number of ether oxygens (including phenoxy) is 2. The monoisotopic (exact) mass is 320 g/mol. The Morgan fingerprint density at radius 1 is 1.07 bits per heavy atom. The molecule has 0 unspecified atom stereocenters. The number of aryl methyl sites for hydroxylation is 1. The zero-order valence-electron chi connectivity index (χ0n) is 9.25. The normalized spacial score (nSPS) is 10.1. The second-order valence-electron chi connectivity index (χ2n) is 3.34. The number of alkyl halides is 1. The van der Waals surface area contributed by atoms with E-state index in [1.165, 1.54) is 22.8 Å². The molecule has 0 aliphatic carbocycles. The van der Waals surface area contributed by atoms with E-state index in [0.717, 1.165) is 17.9 Å². The fourth-order valence-electron chi connectivity index (χ4n) is 1.46. The molecule has 15 heavy (non-hydrogen) atoms. The molecule has 0 saturated carbocycles. The zero-order valence-corrected chi connectivity index (χ0v) is 11.4. The maximum absolute atomic E-state index is 5.26. The quantitative estimate of drug-likeness (QED) is 0.454. The Bertz CT molecular complexity index is 300. The highest BCUT2D eigenvalue weighted by Crippen LogP contribution is 2.28. The highest BCUT2D eigenvalue weighted by molar-refractivity contribution is 14.1. The van der Waals surface area contributed by atoms with Gasteiger partial charge in [0, 0.05) is 0 Å². The zero-order chi connectivity index (χ0) is 11.1. The summed E-state index contributed by atoms with van der Waals surface area (Å²) in [5.74, 6) is 1.62. The minimum absolute atomic E-state index is 0.801. The molecule has 0 bridgehead atoms. The Kier molecular flexibility index (Phi) is 5.83. The molecule has 0 atom stereocenters. The third-order valence-electron chi connectivity index (χ3n) is 2.30. The molecule has 0 saturated heterocycles. The van der Waals surface area contributed by atoms with Gasteiger partial charge in [-0.1, -0.05) is 28.7 Å². The van der Waals surface area contributed by atoms with Crippen molar-refractivity contribution < 1.29 is 9.47 Å². The van der Waals surface area contributed by atoms with Crippen molar-refractivity contribution in [1.82, 2.24) is 0 Å². The summed E-state index contributed by atoms with van der Waals surface area (Å²) in [6.07, 6.45) is 3.62. The van der Waals surface area contributed by atoms with Crippen molar-refractivity contribution in [3.8, 4) is 11.5 Å². The third-order valence-corrected chi connectivity index (χ3v) is 3.06. The largest absolute Gasteiger partial charge is 0.493 e. The summed E-state index contributed by atoms with van der Waals surface area (Å²) >= 11 is 2.41. The van der Waals surface area contributed by atoms with Crippen molar-refractivity contribution in [3.63, 3.8) is 0 Å². The van der Waals surface area contributed by atoms with Gasteiger partial charge in [0.15, 0.2) is 11.5 Å². The summed E-state index contributed by atoms with van der Waals surface area (Å²) in [5, 5.41) is 0. The number of methoxy groups -OCH3 is 2. The van der Waals surface area contributed by atoms with Gasteiger partial charge in [-0.05, 0) is 41.4 Å². The number of unbranched alkanes of at least 4 members (excludes halogenated alkanes) is 1. The smallest absolute Gasteiger partial charge is 0.160 e. The average molecular weight is 320 g/mol. The van der Waals surface area contributed by atoms with E-state index in [2.05, 4.69) is 34.7 Å². The van der Waals surface area contributed by atoms with Crippen molar-refractivity contribution in [3.05, 3.63) is 23.8 Å². The van der Waals surface area contributed by atoms with E-state index in [9.17, 15) is 0 Å². The van der Waals surface area contributed by atoms with Crippen LogP contribution in [0, 0.1) is 0 Å². The SMILES string of the molecule is COc1ccc(CCCCI)cc1OC. The van der Waals surface area contributed by atoms with Gasteiger partial charge in [0.2, 0.25) is 0 Å². The molecule has 0 radical (unpaired) electrons. The average Bonchev–Trinajstić information content (AvgIpc) is 2.29. The minimum Gasteiger partial charge on any atom is -0.493 e. The van der Waals surface area contributed by atoms with Gasteiger partial charge in [-0.3, -0.25) is 0 Å². The van der Waals surface area contributed by atoms with Crippen LogP contribution in [0.25, 0.3) is 0 Å². The second kappa shape index (κ2) is 6.93. The molecule has 0 fully saturated rings. The van der Waals surface area contributed by atoms with Crippen molar-refractivity contribution >= 4 is 22.6 Å². The molecule has 0 amide bonds. The lowest BCUT2D eigenvalue weighted by Crippen LogP contribution is -1.93. The molecule has 0 N–H and O–H groups in total. The Morgan fingerprint density at radius 3 is 2.40 bits per heavy atom. The minimum atomic E-state index is 0.801. The van der Waals surface area contributed by atoms with Gasteiger partial charge in [-0.25, -0.2) is 0 Å². The first-order valence-corrected chi connectivity index (χ1v) is 6.61. The predicted octanol–water partition coefficient (Wildman–Crippen LogP) is 3.46. The van der Waals surface area contributed by atoms with Crippen LogP contribution in [0.1, 0.15) is 18.4 Å². The van der Waals surface area contributed by atoms with Gasteiger partial charge in [0.1, 0.15) is 0 Å². The van der Waals surface area contributed by atoms with Crippen LogP contribution < -0.4 is 9.47 Å². The lowest BCUT2D eigenvalue weighted by molar-refractivity contribution is 0.354. The first kappa shape index (κ1) is 12.6. The lowest BCUT2D eigenvalue weighted by Gasteiger charge is -2.09. The first-order chi connectivity index (χ1) is 7.31. The standard InChI is InChI=1S/C12H17IO2/c1-14-11-7-6-10(5-3-4-8-13)9-12(11)15-2/h6-7,9H,3-5,8H2,1-2H3. The van der Waals surface area contributed by atoms with Crippen molar-refractivity contribution in [2.45, 2.75) is 19.3 Å². The highest BCUT2D eigenvalue weighted by Gasteiger charge is 2.03. The molecule has 0 heterocycles. The van der Waals surface area contributed by atoms with Crippen LogP contribution in [-0.2, 0) is 6.42 Å². The molecule has 1 aromatic carbocycles. The van der Waals surface area contributed by atoms with Crippen LogP contribution in [0.3, 0.4) is 0 Å². The van der Waals surface area contributed by atoms with Crippen LogP contribution in [-0.4, -0.2) is 18.6 Å². The highest BCUT2D eigenvalue weighted by atomic mass is 127. The maximum atomic E-state index is 5.26. The predicted molar refractivity (Wildman–Crippen MR) is 71.4 cm³/mol. The molecule has 1 rings (SSSR count). The van der Waals surface area contributed by atoms with Crippen LogP contribution in [0.5, 0.6) is 11.5 Å². The number of rotatable bonds is 6. The molecular weight excluding hydrogens is 303 g/mol. The van der Waals surface area contributed by atoms with Gasteiger partial charge >= 0.3 is 0 Å². The molecule has 1 aromatic rings. The summed E-state index contributed by atoms with van der Waals surface area (Å²) in [7, 11) is 3.33. The van der Waals surface area contributed by atoms with Crippen molar-refractivity contribution in [2.75, 3.05) is 18.6 Å². The van der Waals surface area contributed by atoms with E-state index in [1.54, 1.807) is 14.2 Å². The molecule has 0 spiro atoms. The lowest BCUT2D eigenvalue weighted by atomic mass is 10.1. The Balaban J connectivity index is 2.66. The van der Waals surface area contributed by atoms with Gasteiger partial charge in [-0.15, -0.1) is 0 Å². The van der Waals surface area contributed by atoms with E-state index in [-0.39, 0.29) is 0 Å². The van der Waals surface area contributed by atoms with E-state index in [0.29, 0.717) is 0 Å². The Morgan fingerprint density at radius 2 is 1.80 bits per heavy atom. The molecule has 3 heteroatoms. The fourth-order valence-corrected chi connectivity index (χ4v) is 2.00. The van der Waals surface area contributed by atoms with Crippen LogP contribution in [0.15, 0.2) is 18.2 Å². The van der Waals surface area contributed by atoms with E-state index in [1.807, 2.05) is 6.07 Å². The Hall–Kier alpha value is -0.450. The summed E-state index contributed by atoms with van der Waals surface area (Å²) in [5.41, 5.74) is 1.32. The van der Waals surface area contributed by atoms with E-state index in [4.69, 9.17) is 9.47 Å². The van der Waals surface area contributed by atoms with Crippen molar-refractivity contribution in [2.24, 2.45) is 0 Å². The summed E-state index contributed by atoms with van der Waals surface area (Å²) in [6.45, 7) is 0. The molecule has 0 aliphatic rings. The number of hydrogen-bond donors (Lipinski definition) is 0. The van der Waals surface area contributed by atoms with E-state index >= 15 is 0 Å². The van der Waals surface area contributed by atoms with E-state index < -0.39 is 0 Å². The van der Waals surface area contributed by atoms with Crippen LogP contribution in [0.2, 0.25) is 0 Å². The topological polar surface area (TPSA) is 18.5 Å². The molecule has 0 aromatic heterocycles. The molecule has 84 valence electrons. The second-order valence-corrected chi connectivity index (χ2v) is 4.41. The molecule has 0 aliphatic heterocycles. The van der Waals surface area contributed by atoms with Crippen molar-refractivity contribution in [1.29, 1.82) is 0 Å². The van der Waals surface area contributed by atoms with Gasteiger partial charge in [0.05, 0.1) is 14.2 Å². The third kappa shape index (κ3) is 3.89. The Labute approximate surface area is 105 Å². The number of halogens is 1. The maximum Gasteiger partial charge on any atom is 0.160 e. The van der Waals surface area contributed by atoms with Gasteiger partial charge in [0.25, 0.3) is 0 Å². The molecular formula is C12H17IO2. The summed E-state index contributed by atoms with van der Waals surface area (Å²) in [6, 6.07) is 6.14. The summed E-state index contributed by atoms with van der Waals surface area (Å²) < 4.78 is 11.7. The first-order valence-electron chi connectivity index (χ1n) is 5.08. The van der Waals surface area contributed by atoms with Gasteiger partial charge in [-0.2, -0.15) is 0 Å². The summed E-state index contributed by atoms with van der Waals surface area (Å²) in [4.78, 5) is 0. The molecule has 2 nitrogen and oxygen atoms in total. The fraction of sp³-hybridized carbons (Fsp3) is 0.500. The number of hydrogen-bond acceptors (Lipinski definition) is 2. The number of benzene rings is 1.